The average molecular weight is 513 g/mol. The number of aliphatic hydroxyl groups is 1. The molecule has 0 bridgehead atoms. The SMILES string of the molecule is CC(C)Cn1c(NCCNC2OC2C[C@@H](C)O)nc2c(N3CCOCC3)nc(-c3cnc(N)nc3)nc21. The largest absolute Gasteiger partial charge is 0.393 e. The highest BCUT2D eigenvalue weighted by Crippen LogP contribution is 2.30. The Morgan fingerprint density at radius 3 is 2.57 bits per heavy atom. The van der Waals surface area contributed by atoms with Gasteiger partial charge in [0.1, 0.15) is 12.3 Å². The number of nitrogens with zero attached hydrogens (tertiary/aromatic N) is 7. The lowest BCUT2D eigenvalue weighted by atomic mass is 10.2. The van der Waals surface area contributed by atoms with Gasteiger partial charge in [0.2, 0.25) is 11.9 Å². The molecule has 2 aliphatic heterocycles. The lowest BCUT2D eigenvalue weighted by molar-refractivity contribution is 0.122. The number of rotatable bonds is 11. The molecule has 3 aromatic rings. The molecular weight excluding hydrogens is 476 g/mol. The second kappa shape index (κ2) is 11.1. The van der Waals surface area contributed by atoms with E-state index in [4.69, 9.17) is 30.2 Å². The molecule has 0 spiro atoms. The van der Waals surface area contributed by atoms with Crippen LogP contribution in [0.3, 0.4) is 0 Å². The standard InChI is InChI=1S/C24H36N10O3/c1-14(2)13-34-21-18(30-24(34)27-5-4-26-22-17(37-22)10-15(3)35)20(33-6-8-36-9-7-33)31-19(32-21)16-11-28-23(25)29-12-16/h11-12,14-15,17,22,26,35H,4-10,13H2,1-3H3,(H,27,30)(H2,25,28,29)/t15-,17?,22?/m1/s1. The third-order valence-corrected chi connectivity index (χ3v) is 6.27. The molecule has 0 amide bonds. The topological polar surface area (TPSA) is 165 Å². The summed E-state index contributed by atoms with van der Waals surface area (Å²) in [6.07, 6.45) is 3.63. The van der Waals surface area contributed by atoms with Crippen molar-refractivity contribution in [2.45, 2.75) is 52.2 Å². The van der Waals surface area contributed by atoms with Gasteiger partial charge in [-0.25, -0.2) is 24.9 Å². The van der Waals surface area contributed by atoms with Crippen LogP contribution in [0.25, 0.3) is 22.6 Å². The van der Waals surface area contributed by atoms with Gasteiger partial charge in [0, 0.05) is 51.5 Å². The summed E-state index contributed by atoms with van der Waals surface area (Å²) in [6.45, 7) is 10.9. The van der Waals surface area contributed by atoms with Crippen LogP contribution in [0.15, 0.2) is 12.4 Å². The van der Waals surface area contributed by atoms with E-state index in [0.717, 1.165) is 42.6 Å². The second-order valence-corrected chi connectivity index (χ2v) is 9.97. The van der Waals surface area contributed by atoms with Crippen LogP contribution >= 0.6 is 0 Å². The van der Waals surface area contributed by atoms with Gasteiger partial charge in [-0.15, -0.1) is 0 Å². The Morgan fingerprint density at radius 2 is 1.86 bits per heavy atom. The maximum absolute atomic E-state index is 9.53. The number of hydrogen-bond donors (Lipinski definition) is 4. The summed E-state index contributed by atoms with van der Waals surface area (Å²) in [7, 11) is 0. The number of nitrogens with two attached hydrogens (primary N) is 1. The Kier molecular flexibility index (Phi) is 7.65. The molecule has 5 N–H and O–H groups in total. The molecule has 5 heterocycles. The molecule has 2 unspecified atom stereocenters. The zero-order chi connectivity index (χ0) is 25.9. The van der Waals surface area contributed by atoms with E-state index in [1.54, 1.807) is 19.3 Å². The van der Waals surface area contributed by atoms with Crippen molar-refractivity contribution in [1.29, 1.82) is 0 Å². The number of aromatic nitrogens is 6. The maximum Gasteiger partial charge on any atom is 0.219 e. The van der Waals surface area contributed by atoms with Crippen LogP contribution in [0.4, 0.5) is 17.7 Å². The van der Waals surface area contributed by atoms with E-state index in [0.29, 0.717) is 50.0 Å². The van der Waals surface area contributed by atoms with Gasteiger partial charge < -0.3 is 30.5 Å². The lowest BCUT2D eigenvalue weighted by Crippen LogP contribution is -2.37. The smallest absolute Gasteiger partial charge is 0.219 e. The highest BCUT2D eigenvalue weighted by atomic mass is 16.6. The molecule has 200 valence electrons. The number of ether oxygens (including phenoxy) is 2. The van der Waals surface area contributed by atoms with Gasteiger partial charge in [-0.05, 0) is 12.8 Å². The summed E-state index contributed by atoms with van der Waals surface area (Å²) >= 11 is 0. The monoisotopic (exact) mass is 512 g/mol. The Bertz CT molecular complexity index is 1190. The van der Waals surface area contributed by atoms with Gasteiger partial charge in [-0.2, -0.15) is 0 Å². The minimum atomic E-state index is -0.364. The number of aliphatic hydroxyl groups excluding tert-OH is 1. The highest BCUT2D eigenvalue weighted by Gasteiger charge is 2.38. The van der Waals surface area contributed by atoms with Crippen molar-refractivity contribution in [1.82, 2.24) is 34.8 Å². The molecule has 13 nitrogen and oxygen atoms in total. The number of morpholine rings is 1. The van der Waals surface area contributed by atoms with Gasteiger partial charge in [-0.3, -0.25) is 9.88 Å². The molecule has 2 saturated heterocycles. The third-order valence-electron chi connectivity index (χ3n) is 6.27. The van der Waals surface area contributed by atoms with E-state index < -0.39 is 0 Å². The summed E-state index contributed by atoms with van der Waals surface area (Å²) in [5, 5.41) is 16.4. The van der Waals surface area contributed by atoms with Gasteiger partial charge >= 0.3 is 0 Å². The van der Waals surface area contributed by atoms with Crippen LogP contribution < -0.4 is 21.3 Å². The fraction of sp³-hybridized carbons (Fsp3) is 0.625. The van der Waals surface area contributed by atoms with Gasteiger partial charge in [-0.1, -0.05) is 13.8 Å². The first kappa shape index (κ1) is 25.5. The van der Waals surface area contributed by atoms with Crippen molar-refractivity contribution in [3.05, 3.63) is 12.4 Å². The normalized spacial score (nSPS) is 20.5. The van der Waals surface area contributed by atoms with Crippen LogP contribution in [0.2, 0.25) is 0 Å². The predicted octanol–water partition coefficient (Wildman–Crippen LogP) is 0.855. The van der Waals surface area contributed by atoms with E-state index in [9.17, 15) is 5.11 Å². The molecule has 13 heteroatoms. The number of nitrogen functional groups attached to an aromatic ring is 1. The molecule has 0 radical (unpaired) electrons. The lowest BCUT2D eigenvalue weighted by Gasteiger charge is -2.28. The first-order chi connectivity index (χ1) is 17.9. The number of imidazole rings is 1. The predicted molar refractivity (Wildman–Crippen MR) is 140 cm³/mol. The molecule has 2 aliphatic rings. The fourth-order valence-electron chi connectivity index (χ4n) is 4.46. The third kappa shape index (κ3) is 6.06. The van der Waals surface area contributed by atoms with E-state index in [2.05, 4.69) is 43.9 Å². The number of anilines is 3. The Hall–Kier alpha value is -3.13. The number of epoxide rings is 1. The Labute approximate surface area is 215 Å². The number of fused-ring (bicyclic) bond motifs is 1. The molecule has 3 atom stereocenters. The summed E-state index contributed by atoms with van der Waals surface area (Å²) in [5.41, 5.74) is 7.90. The Balaban J connectivity index is 1.44. The summed E-state index contributed by atoms with van der Waals surface area (Å²) in [4.78, 5) is 25.3. The molecule has 37 heavy (non-hydrogen) atoms. The minimum absolute atomic E-state index is 0.00522. The molecule has 0 aromatic carbocycles. The zero-order valence-corrected chi connectivity index (χ0v) is 21.6. The molecule has 3 aromatic heterocycles. The molecule has 5 rings (SSSR count). The summed E-state index contributed by atoms with van der Waals surface area (Å²) in [6, 6.07) is 0. The van der Waals surface area contributed by atoms with E-state index >= 15 is 0 Å². The van der Waals surface area contributed by atoms with Crippen LogP contribution in [0, 0.1) is 5.92 Å². The quantitative estimate of drug-likeness (QED) is 0.212. The molecule has 2 fully saturated rings. The van der Waals surface area contributed by atoms with Crippen LogP contribution in [-0.2, 0) is 16.0 Å². The molecule has 0 aliphatic carbocycles. The minimum Gasteiger partial charge on any atom is -0.393 e. The maximum atomic E-state index is 9.53. The van der Waals surface area contributed by atoms with E-state index in [1.165, 1.54) is 0 Å². The van der Waals surface area contributed by atoms with Crippen molar-refractivity contribution in [2.75, 3.05) is 55.3 Å². The van der Waals surface area contributed by atoms with E-state index in [-0.39, 0.29) is 24.4 Å². The second-order valence-electron chi connectivity index (χ2n) is 9.97. The first-order valence-corrected chi connectivity index (χ1v) is 12.9. The number of hydrogen-bond acceptors (Lipinski definition) is 12. The van der Waals surface area contributed by atoms with Gasteiger partial charge in [0.25, 0.3) is 0 Å². The van der Waals surface area contributed by atoms with E-state index in [1.807, 2.05) is 0 Å². The van der Waals surface area contributed by atoms with Crippen molar-refractivity contribution < 1.29 is 14.6 Å². The zero-order valence-electron chi connectivity index (χ0n) is 21.6. The molecular formula is C24H36N10O3. The van der Waals surface area contributed by atoms with Crippen LogP contribution in [0.5, 0.6) is 0 Å². The van der Waals surface area contributed by atoms with Crippen LogP contribution in [-0.4, -0.2) is 92.4 Å². The summed E-state index contributed by atoms with van der Waals surface area (Å²) in [5.74, 6) is 2.63. The summed E-state index contributed by atoms with van der Waals surface area (Å²) < 4.78 is 13.3. The van der Waals surface area contributed by atoms with Gasteiger partial charge in [0.15, 0.2) is 22.8 Å². The van der Waals surface area contributed by atoms with Crippen molar-refractivity contribution in [3.8, 4) is 11.4 Å². The van der Waals surface area contributed by atoms with Crippen molar-refractivity contribution in [3.63, 3.8) is 0 Å². The van der Waals surface area contributed by atoms with Gasteiger partial charge in [0.05, 0.1) is 24.9 Å². The Morgan fingerprint density at radius 1 is 1.11 bits per heavy atom. The van der Waals surface area contributed by atoms with Crippen LogP contribution in [0.1, 0.15) is 27.2 Å². The first-order valence-electron chi connectivity index (χ1n) is 12.9. The fourth-order valence-corrected chi connectivity index (χ4v) is 4.46. The average Bonchev–Trinajstić information content (AvgIpc) is 3.52. The molecule has 0 saturated carbocycles. The number of nitrogens with one attached hydrogen (secondary N) is 2. The highest BCUT2D eigenvalue weighted by molar-refractivity contribution is 5.88. The van der Waals surface area contributed by atoms with Crippen molar-refractivity contribution in [2.24, 2.45) is 5.92 Å². The van der Waals surface area contributed by atoms with Crippen molar-refractivity contribution >= 4 is 28.9 Å².